The molecule has 6 heteroatoms. The van der Waals surface area contributed by atoms with Gasteiger partial charge in [-0.05, 0) is 12.8 Å². The van der Waals surface area contributed by atoms with E-state index in [-0.39, 0.29) is 0 Å². The highest BCUT2D eigenvalue weighted by Crippen LogP contribution is 2.22. The van der Waals surface area contributed by atoms with E-state index >= 15 is 0 Å². The molecule has 0 aromatic heterocycles. The van der Waals surface area contributed by atoms with E-state index in [1.54, 1.807) is 0 Å². The predicted molar refractivity (Wildman–Crippen MR) is 143 cm³/mol. The molecule has 0 aromatic carbocycles. The van der Waals surface area contributed by atoms with E-state index < -0.39 is 0 Å². The Morgan fingerprint density at radius 3 is 1.14 bits per heavy atom. The van der Waals surface area contributed by atoms with Crippen LogP contribution in [0.25, 0.3) is 0 Å². The SMILES string of the molecule is CN1C=CN(C(I)CCCCCCCCCCCCCC(I)N2C=CN(C)C2)C1. The molecule has 0 radical (unpaired) electrons. The molecule has 2 atom stereocenters. The molecule has 0 saturated heterocycles. The minimum absolute atomic E-state index is 0.657. The van der Waals surface area contributed by atoms with Gasteiger partial charge < -0.3 is 19.6 Å². The fourth-order valence-corrected chi connectivity index (χ4v) is 5.62. The standard InChI is InChI=1S/C23H42I2N4/c1-26-16-18-28(20-26)22(24)14-12-10-8-6-4-3-5-7-9-11-13-15-23(25)29-19-17-27(2)21-29/h16-19,22-23H,3-15,20-21H2,1-2H3. The van der Waals surface area contributed by atoms with Crippen LogP contribution in [0.15, 0.2) is 24.8 Å². The van der Waals surface area contributed by atoms with E-state index in [1.165, 1.54) is 83.5 Å². The number of alkyl halides is 2. The predicted octanol–water partition coefficient (Wildman–Crippen LogP) is 6.93. The average Bonchev–Trinajstić information content (AvgIpc) is 3.33. The Morgan fingerprint density at radius 2 is 0.862 bits per heavy atom. The van der Waals surface area contributed by atoms with Crippen molar-refractivity contribution in [3.05, 3.63) is 24.8 Å². The van der Waals surface area contributed by atoms with E-state index in [4.69, 9.17) is 0 Å². The summed E-state index contributed by atoms with van der Waals surface area (Å²) in [5.41, 5.74) is 0. The van der Waals surface area contributed by atoms with Crippen LogP contribution in [0.1, 0.15) is 83.5 Å². The molecule has 2 heterocycles. The van der Waals surface area contributed by atoms with Crippen LogP contribution < -0.4 is 0 Å². The molecule has 2 rings (SSSR count). The monoisotopic (exact) mass is 628 g/mol. The van der Waals surface area contributed by atoms with Gasteiger partial charge in [0.05, 0.1) is 21.4 Å². The number of nitrogens with zero attached hydrogens (tertiary/aromatic N) is 4. The summed E-state index contributed by atoms with van der Waals surface area (Å²) < 4.78 is 1.31. The van der Waals surface area contributed by atoms with E-state index in [9.17, 15) is 0 Å². The minimum atomic E-state index is 0.657. The number of hydrogen-bond donors (Lipinski definition) is 0. The summed E-state index contributed by atoms with van der Waals surface area (Å²) >= 11 is 5.20. The lowest BCUT2D eigenvalue weighted by atomic mass is 10.0. The third kappa shape index (κ3) is 10.8. The maximum absolute atomic E-state index is 2.60. The van der Waals surface area contributed by atoms with Crippen molar-refractivity contribution in [3.8, 4) is 0 Å². The molecule has 2 unspecified atom stereocenters. The molecular weight excluding hydrogens is 586 g/mol. The van der Waals surface area contributed by atoms with Gasteiger partial charge in [-0.2, -0.15) is 0 Å². The van der Waals surface area contributed by atoms with Gasteiger partial charge in [0.1, 0.15) is 0 Å². The molecule has 2 aliphatic rings. The second-order valence-electron chi connectivity index (χ2n) is 8.76. The lowest BCUT2D eigenvalue weighted by molar-refractivity contribution is 0.280. The number of rotatable bonds is 16. The third-order valence-electron chi connectivity index (χ3n) is 5.90. The normalized spacial score (nSPS) is 18.3. The van der Waals surface area contributed by atoms with Gasteiger partial charge >= 0.3 is 0 Å². The highest BCUT2D eigenvalue weighted by Gasteiger charge is 2.16. The molecule has 0 fully saturated rings. The smallest absolute Gasteiger partial charge is 0.0900 e. The Kier molecular flexibility index (Phi) is 13.2. The van der Waals surface area contributed by atoms with Crippen LogP contribution in [0.4, 0.5) is 0 Å². The highest BCUT2D eigenvalue weighted by molar-refractivity contribution is 14.1. The maximum atomic E-state index is 2.60. The molecule has 0 spiro atoms. The van der Waals surface area contributed by atoms with Crippen LogP contribution in [0.5, 0.6) is 0 Å². The highest BCUT2D eigenvalue weighted by atomic mass is 127. The zero-order valence-electron chi connectivity index (χ0n) is 18.6. The molecular formula is C23H42I2N4. The van der Waals surface area contributed by atoms with Gasteiger partial charge in [0.25, 0.3) is 0 Å². The number of hydrogen-bond acceptors (Lipinski definition) is 4. The minimum Gasteiger partial charge on any atom is -0.362 e. The molecule has 0 aromatic rings. The van der Waals surface area contributed by atoms with Gasteiger partial charge in [0, 0.05) is 38.9 Å². The van der Waals surface area contributed by atoms with Gasteiger partial charge in [0.15, 0.2) is 0 Å². The first kappa shape index (κ1) is 25.4. The number of unbranched alkanes of at least 4 members (excludes halogenated alkanes) is 10. The first-order chi connectivity index (χ1) is 14.1. The molecule has 4 nitrogen and oxygen atoms in total. The van der Waals surface area contributed by atoms with Crippen LogP contribution in [-0.2, 0) is 0 Å². The summed E-state index contributed by atoms with van der Waals surface area (Å²) in [5, 5.41) is 0. The molecule has 29 heavy (non-hydrogen) atoms. The van der Waals surface area contributed by atoms with Crippen molar-refractivity contribution in [1.82, 2.24) is 19.6 Å². The van der Waals surface area contributed by atoms with E-state index in [0.29, 0.717) is 8.10 Å². The fraction of sp³-hybridized carbons (Fsp3) is 0.826. The van der Waals surface area contributed by atoms with Crippen LogP contribution >= 0.6 is 45.2 Å². The Morgan fingerprint density at radius 1 is 0.552 bits per heavy atom. The van der Waals surface area contributed by atoms with Crippen molar-refractivity contribution in [2.24, 2.45) is 0 Å². The summed E-state index contributed by atoms with van der Waals surface area (Å²) in [6.45, 7) is 2.11. The van der Waals surface area contributed by atoms with Crippen molar-refractivity contribution in [2.75, 3.05) is 27.4 Å². The van der Waals surface area contributed by atoms with E-state index in [0.717, 1.165) is 13.3 Å². The largest absolute Gasteiger partial charge is 0.362 e. The fourth-order valence-electron chi connectivity index (χ4n) is 4.01. The lowest BCUT2D eigenvalue weighted by Gasteiger charge is -2.24. The average molecular weight is 628 g/mol. The van der Waals surface area contributed by atoms with Gasteiger partial charge in [0.2, 0.25) is 0 Å². The van der Waals surface area contributed by atoms with Crippen LogP contribution in [0.3, 0.4) is 0 Å². The maximum Gasteiger partial charge on any atom is 0.0900 e. The van der Waals surface area contributed by atoms with Gasteiger partial charge in [-0.15, -0.1) is 0 Å². The summed E-state index contributed by atoms with van der Waals surface area (Å²) in [5.74, 6) is 0. The van der Waals surface area contributed by atoms with Crippen molar-refractivity contribution >= 4 is 45.2 Å². The summed E-state index contributed by atoms with van der Waals surface area (Å²) in [7, 11) is 4.29. The lowest BCUT2D eigenvalue weighted by Crippen LogP contribution is -2.28. The summed E-state index contributed by atoms with van der Waals surface area (Å²) in [6, 6.07) is 0. The zero-order valence-corrected chi connectivity index (χ0v) is 22.9. The van der Waals surface area contributed by atoms with Crippen LogP contribution in [-0.4, -0.2) is 55.1 Å². The Hall–Kier alpha value is 0.140. The molecule has 0 aliphatic carbocycles. The van der Waals surface area contributed by atoms with Crippen molar-refractivity contribution < 1.29 is 0 Å². The van der Waals surface area contributed by atoms with Gasteiger partial charge in [-0.3, -0.25) is 0 Å². The van der Waals surface area contributed by atoms with Gasteiger partial charge in [-0.1, -0.05) is 116 Å². The summed E-state index contributed by atoms with van der Waals surface area (Å²) in [6.07, 6.45) is 27.1. The first-order valence-corrected chi connectivity index (χ1v) is 14.1. The Bertz CT molecular complexity index is 443. The second kappa shape index (κ2) is 15.0. The zero-order chi connectivity index (χ0) is 20.9. The first-order valence-electron chi connectivity index (χ1n) is 11.6. The molecule has 0 bridgehead atoms. The van der Waals surface area contributed by atoms with Crippen LogP contribution in [0.2, 0.25) is 0 Å². The Balaban J connectivity index is 1.29. The van der Waals surface area contributed by atoms with Gasteiger partial charge in [-0.25, -0.2) is 0 Å². The molecule has 0 saturated carbocycles. The summed E-state index contributed by atoms with van der Waals surface area (Å²) in [4.78, 5) is 9.39. The second-order valence-corrected chi connectivity index (χ2v) is 11.6. The molecule has 0 N–H and O–H groups in total. The third-order valence-corrected chi connectivity index (χ3v) is 8.58. The number of halogens is 2. The molecule has 2 aliphatic heterocycles. The molecule has 0 amide bonds. The van der Waals surface area contributed by atoms with E-state index in [2.05, 4.69) is 104 Å². The Labute approximate surface area is 207 Å². The van der Waals surface area contributed by atoms with Crippen LogP contribution in [0, 0.1) is 0 Å². The molecule has 168 valence electrons. The quantitative estimate of drug-likeness (QED) is 0.0796. The topological polar surface area (TPSA) is 13.0 Å². The van der Waals surface area contributed by atoms with E-state index in [1.807, 2.05) is 0 Å². The van der Waals surface area contributed by atoms with Crippen molar-refractivity contribution in [3.63, 3.8) is 0 Å². The van der Waals surface area contributed by atoms with Crippen molar-refractivity contribution in [2.45, 2.75) is 91.6 Å². The van der Waals surface area contributed by atoms with Crippen molar-refractivity contribution in [1.29, 1.82) is 0 Å².